The Balaban J connectivity index is 1.40. The molecule has 0 bridgehead atoms. The average molecular weight is 437 g/mol. The van der Waals surface area contributed by atoms with Gasteiger partial charge in [0.2, 0.25) is 5.95 Å². The first kappa shape index (κ1) is 20.0. The third-order valence-electron chi connectivity index (χ3n) is 6.19. The Morgan fingerprint density at radius 3 is 2.81 bits per heavy atom. The predicted octanol–water partition coefficient (Wildman–Crippen LogP) is 3.38. The summed E-state index contributed by atoms with van der Waals surface area (Å²) in [6.07, 6.45) is 17.2. The van der Waals surface area contributed by atoms with Crippen LogP contribution in [0.1, 0.15) is 19.3 Å². The number of hydrogen-bond donors (Lipinski definition) is 1. The first-order valence-electron chi connectivity index (χ1n) is 10.7. The van der Waals surface area contributed by atoms with Gasteiger partial charge in [-0.3, -0.25) is 9.79 Å². The summed E-state index contributed by atoms with van der Waals surface area (Å²) in [5.41, 5.74) is 2.51. The quantitative estimate of drug-likeness (QED) is 0.783. The first-order chi connectivity index (χ1) is 15.1. The van der Waals surface area contributed by atoms with Gasteiger partial charge in [-0.15, -0.1) is 0 Å². The van der Waals surface area contributed by atoms with Crippen molar-refractivity contribution in [3.05, 3.63) is 58.4 Å². The number of anilines is 2. The zero-order valence-corrected chi connectivity index (χ0v) is 18.2. The lowest BCUT2D eigenvalue weighted by Crippen LogP contribution is -2.45. The summed E-state index contributed by atoms with van der Waals surface area (Å²) < 4.78 is 0. The van der Waals surface area contributed by atoms with E-state index in [1.165, 1.54) is 6.42 Å². The molecule has 1 N–H and O–H groups in total. The van der Waals surface area contributed by atoms with Crippen molar-refractivity contribution < 1.29 is 4.79 Å². The number of nitrogens with one attached hydrogen (secondary N) is 1. The van der Waals surface area contributed by atoms with Crippen LogP contribution >= 0.6 is 11.6 Å². The molecule has 1 aromatic heterocycles. The number of aliphatic imine (C=N–C) groups is 1. The molecule has 4 heterocycles. The summed E-state index contributed by atoms with van der Waals surface area (Å²) in [5.74, 6) is 1.40. The maximum Gasteiger partial charge on any atom is 0.254 e. The number of amides is 1. The van der Waals surface area contributed by atoms with E-state index in [0.717, 1.165) is 37.2 Å². The molecule has 3 aliphatic heterocycles. The normalized spacial score (nSPS) is 25.2. The van der Waals surface area contributed by atoms with E-state index in [4.69, 9.17) is 11.6 Å². The highest BCUT2D eigenvalue weighted by molar-refractivity contribution is 6.32. The largest absolute Gasteiger partial charge is 0.341 e. The molecule has 7 nitrogen and oxygen atoms in total. The zero-order valence-electron chi connectivity index (χ0n) is 17.5. The number of halogens is 1. The van der Waals surface area contributed by atoms with E-state index in [-0.39, 0.29) is 17.9 Å². The van der Waals surface area contributed by atoms with Gasteiger partial charge in [-0.2, -0.15) is 4.98 Å². The molecular weight excluding hydrogens is 412 g/mol. The lowest BCUT2D eigenvalue weighted by Gasteiger charge is -2.37. The monoisotopic (exact) mass is 436 g/mol. The van der Waals surface area contributed by atoms with E-state index in [1.807, 2.05) is 25.3 Å². The molecular formula is C23H25ClN6O. The molecule has 2 unspecified atom stereocenters. The lowest BCUT2D eigenvalue weighted by molar-refractivity contribution is -0.128. The summed E-state index contributed by atoms with van der Waals surface area (Å²) >= 11 is 6.40. The number of aromatic nitrogens is 2. The van der Waals surface area contributed by atoms with Crippen molar-refractivity contribution in [3.8, 4) is 0 Å². The Labute approximate surface area is 186 Å². The van der Waals surface area contributed by atoms with E-state index in [1.54, 1.807) is 17.3 Å². The number of fused-ring (bicyclic) bond motifs is 1. The van der Waals surface area contributed by atoms with Crippen molar-refractivity contribution in [2.75, 3.05) is 36.9 Å². The van der Waals surface area contributed by atoms with Crippen LogP contribution in [0.2, 0.25) is 5.02 Å². The fourth-order valence-electron chi connectivity index (χ4n) is 4.48. The number of rotatable bonds is 4. The minimum absolute atomic E-state index is 0.00877. The van der Waals surface area contributed by atoms with Gasteiger partial charge < -0.3 is 15.1 Å². The molecule has 1 amide bonds. The number of piperidine rings is 1. The molecule has 160 valence electrons. The van der Waals surface area contributed by atoms with Crippen molar-refractivity contribution in [1.29, 1.82) is 0 Å². The maximum absolute atomic E-state index is 12.8. The second-order valence-corrected chi connectivity index (χ2v) is 8.65. The molecule has 0 radical (unpaired) electrons. The van der Waals surface area contributed by atoms with Crippen LogP contribution in [-0.4, -0.2) is 59.7 Å². The molecule has 0 saturated carbocycles. The third-order valence-corrected chi connectivity index (χ3v) is 6.46. The fourth-order valence-corrected chi connectivity index (χ4v) is 4.62. The summed E-state index contributed by atoms with van der Waals surface area (Å²) in [7, 11) is 1.85. The zero-order chi connectivity index (χ0) is 21.4. The Bertz CT molecular complexity index is 1050. The molecule has 2 atom stereocenters. The predicted molar refractivity (Wildman–Crippen MR) is 124 cm³/mol. The molecule has 4 aliphatic rings. The molecule has 31 heavy (non-hydrogen) atoms. The fraction of sp³-hybridized carbons (Fsp3) is 0.391. The van der Waals surface area contributed by atoms with Crippen molar-refractivity contribution in [2.45, 2.75) is 25.3 Å². The minimum Gasteiger partial charge on any atom is -0.341 e. The van der Waals surface area contributed by atoms with Crippen LogP contribution in [0, 0.1) is 5.92 Å². The van der Waals surface area contributed by atoms with E-state index >= 15 is 0 Å². The van der Waals surface area contributed by atoms with Gasteiger partial charge in [-0.25, -0.2) is 4.98 Å². The van der Waals surface area contributed by atoms with E-state index in [9.17, 15) is 4.79 Å². The van der Waals surface area contributed by atoms with Gasteiger partial charge in [0.25, 0.3) is 5.91 Å². The van der Waals surface area contributed by atoms with Crippen LogP contribution in [0.3, 0.4) is 0 Å². The van der Waals surface area contributed by atoms with Crippen LogP contribution in [0.5, 0.6) is 0 Å². The smallest absolute Gasteiger partial charge is 0.254 e. The van der Waals surface area contributed by atoms with Crippen molar-refractivity contribution in [1.82, 2.24) is 14.9 Å². The highest BCUT2D eigenvalue weighted by Crippen LogP contribution is 2.33. The summed E-state index contributed by atoms with van der Waals surface area (Å²) in [6.45, 7) is 2.58. The Morgan fingerprint density at radius 1 is 1.19 bits per heavy atom. The van der Waals surface area contributed by atoms with Gasteiger partial charge in [0.1, 0.15) is 5.02 Å². The number of likely N-dealkylation sites (N-methyl/N-ethyl adjacent to an activating group) is 1. The molecule has 5 rings (SSSR count). The Kier molecular flexibility index (Phi) is 5.36. The SMILES string of the molecule is CN1C(=O)C(C2=CCN=C2)=CC2C=C(Nc3nc(N4CCCCC4)ncc3Cl)C=CC21. The van der Waals surface area contributed by atoms with E-state index < -0.39 is 0 Å². The van der Waals surface area contributed by atoms with Crippen LogP contribution in [0.25, 0.3) is 0 Å². The van der Waals surface area contributed by atoms with Crippen molar-refractivity contribution in [3.63, 3.8) is 0 Å². The Morgan fingerprint density at radius 2 is 2.03 bits per heavy atom. The van der Waals surface area contributed by atoms with Crippen LogP contribution in [0.4, 0.5) is 11.8 Å². The topological polar surface area (TPSA) is 73.7 Å². The molecule has 1 aromatic rings. The molecule has 0 aromatic carbocycles. The highest BCUT2D eigenvalue weighted by atomic mass is 35.5. The van der Waals surface area contributed by atoms with Crippen LogP contribution < -0.4 is 10.2 Å². The minimum atomic E-state index is -0.00877. The van der Waals surface area contributed by atoms with Crippen molar-refractivity contribution in [2.24, 2.45) is 10.9 Å². The molecule has 8 heteroatoms. The van der Waals surface area contributed by atoms with Crippen LogP contribution in [0.15, 0.2) is 58.4 Å². The van der Waals surface area contributed by atoms with Gasteiger partial charge in [0.05, 0.1) is 18.8 Å². The number of hydrogen-bond acceptors (Lipinski definition) is 6. The number of carbonyl (C=O) groups excluding carboxylic acids is 1. The lowest BCUT2D eigenvalue weighted by atomic mass is 9.85. The van der Waals surface area contributed by atoms with Gasteiger partial charge in [-0.05, 0) is 25.3 Å². The number of carbonyl (C=O) groups is 1. The number of nitrogens with zero attached hydrogens (tertiary/aromatic N) is 5. The van der Waals surface area contributed by atoms with E-state index in [0.29, 0.717) is 28.9 Å². The van der Waals surface area contributed by atoms with Gasteiger partial charge >= 0.3 is 0 Å². The summed E-state index contributed by atoms with van der Waals surface area (Å²) in [4.78, 5) is 30.2. The summed E-state index contributed by atoms with van der Waals surface area (Å²) in [5, 5.41) is 3.85. The van der Waals surface area contributed by atoms with Gasteiger partial charge in [0, 0.05) is 49.1 Å². The maximum atomic E-state index is 12.8. The molecule has 0 spiro atoms. The van der Waals surface area contributed by atoms with Gasteiger partial charge in [-0.1, -0.05) is 35.9 Å². The molecule has 1 saturated heterocycles. The summed E-state index contributed by atoms with van der Waals surface area (Å²) in [6, 6.07) is -0.00877. The molecule has 1 fully saturated rings. The first-order valence-corrected chi connectivity index (χ1v) is 11.1. The third kappa shape index (κ3) is 3.90. The average Bonchev–Trinajstić information content (AvgIpc) is 3.33. The number of allylic oxidation sites excluding steroid dienone is 1. The second-order valence-electron chi connectivity index (χ2n) is 8.24. The highest BCUT2D eigenvalue weighted by Gasteiger charge is 2.34. The van der Waals surface area contributed by atoms with E-state index in [2.05, 4.69) is 37.3 Å². The van der Waals surface area contributed by atoms with Crippen molar-refractivity contribution >= 4 is 35.5 Å². The van der Waals surface area contributed by atoms with Crippen LogP contribution in [-0.2, 0) is 4.79 Å². The molecule has 1 aliphatic carbocycles. The van der Waals surface area contributed by atoms with Gasteiger partial charge in [0.15, 0.2) is 5.82 Å². The second kappa shape index (κ2) is 8.30. The standard InChI is InChI=1S/C23H25ClN6O/c1-29-20-6-5-17(11-16(20)12-18(22(29)31)15-7-8-25-13-15)27-21-19(24)14-26-23(28-21)30-9-3-2-4-10-30/h5-7,11-14,16,20H,2-4,8-10H2,1H3,(H,26,27,28). The Hall–Kier alpha value is -2.93.